The number of esters is 3. The van der Waals surface area contributed by atoms with Gasteiger partial charge in [0, 0.05) is 19.3 Å². The molecule has 6 nitrogen and oxygen atoms in total. The first kappa shape index (κ1) is 46.4. The maximum atomic E-state index is 12.5. The standard InChI is InChI=1S/C42H80O6/c1-4-7-10-13-16-18-19-20-21-22-23-24-25-27-29-32-35-41(44)47-38-39(37-46-40(43)34-31-28-15-12-9-6-3)48-42(45)36-33-30-26-17-14-11-8-5-2/h39H,4-38H2,1-3H3. The van der Waals surface area contributed by atoms with E-state index in [4.69, 9.17) is 14.2 Å². The van der Waals surface area contributed by atoms with Crippen LogP contribution in [0.4, 0.5) is 0 Å². The van der Waals surface area contributed by atoms with Crippen molar-refractivity contribution in [2.75, 3.05) is 13.2 Å². The van der Waals surface area contributed by atoms with Gasteiger partial charge in [0.15, 0.2) is 6.10 Å². The number of hydrogen-bond donors (Lipinski definition) is 0. The summed E-state index contributed by atoms with van der Waals surface area (Å²) in [7, 11) is 0. The number of ether oxygens (including phenoxy) is 3. The van der Waals surface area contributed by atoms with Gasteiger partial charge in [-0.2, -0.15) is 0 Å². The van der Waals surface area contributed by atoms with Gasteiger partial charge in [0.25, 0.3) is 0 Å². The molecular weight excluding hydrogens is 600 g/mol. The van der Waals surface area contributed by atoms with Gasteiger partial charge in [0.1, 0.15) is 13.2 Å². The lowest BCUT2D eigenvalue weighted by atomic mass is 10.0. The molecule has 0 fully saturated rings. The zero-order valence-electron chi connectivity index (χ0n) is 32.3. The Morgan fingerprint density at radius 1 is 0.333 bits per heavy atom. The first-order valence-corrected chi connectivity index (χ1v) is 21.0. The summed E-state index contributed by atoms with van der Waals surface area (Å²) in [4.78, 5) is 37.3. The Balaban J connectivity index is 4.16. The lowest BCUT2D eigenvalue weighted by molar-refractivity contribution is -0.167. The minimum Gasteiger partial charge on any atom is -0.462 e. The lowest BCUT2D eigenvalue weighted by Gasteiger charge is -2.18. The van der Waals surface area contributed by atoms with Gasteiger partial charge in [-0.25, -0.2) is 0 Å². The second-order valence-corrected chi connectivity index (χ2v) is 14.3. The molecule has 0 N–H and O–H groups in total. The van der Waals surface area contributed by atoms with Crippen LogP contribution in [0.15, 0.2) is 0 Å². The summed E-state index contributed by atoms with van der Waals surface area (Å²) < 4.78 is 16.5. The average molecular weight is 681 g/mol. The summed E-state index contributed by atoms with van der Waals surface area (Å²) >= 11 is 0. The van der Waals surface area contributed by atoms with Gasteiger partial charge >= 0.3 is 17.9 Å². The van der Waals surface area contributed by atoms with E-state index in [-0.39, 0.29) is 31.1 Å². The number of carbonyl (C=O) groups is 3. The van der Waals surface area contributed by atoms with Crippen LogP contribution in [0.1, 0.15) is 233 Å². The van der Waals surface area contributed by atoms with E-state index in [0.29, 0.717) is 19.3 Å². The molecule has 0 amide bonds. The number of hydrogen-bond acceptors (Lipinski definition) is 6. The Bertz CT molecular complexity index is 708. The van der Waals surface area contributed by atoms with Crippen LogP contribution >= 0.6 is 0 Å². The fourth-order valence-electron chi connectivity index (χ4n) is 6.15. The van der Waals surface area contributed by atoms with Crippen molar-refractivity contribution in [2.24, 2.45) is 0 Å². The monoisotopic (exact) mass is 681 g/mol. The van der Waals surface area contributed by atoms with Crippen LogP contribution in [0.2, 0.25) is 0 Å². The molecule has 1 unspecified atom stereocenters. The van der Waals surface area contributed by atoms with E-state index in [2.05, 4.69) is 20.8 Å². The third-order valence-electron chi connectivity index (χ3n) is 9.36. The van der Waals surface area contributed by atoms with E-state index in [1.165, 1.54) is 135 Å². The molecule has 1 atom stereocenters. The minimum atomic E-state index is -0.755. The molecule has 0 saturated carbocycles. The Hall–Kier alpha value is -1.59. The van der Waals surface area contributed by atoms with Gasteiger partial charge in [0.05, 0.1) is 0 Å². The van der Waals surface area contributed by atoms with E-state index in [1.54, 1.807) is 0 Å². The Morgan fingerprint density at radius 3 is 0.833 bits per heavy atom. The smallest absolute Gasteiger partial charge is 0.306 e. The molecule has 0 radical (unpaired) electrons. The van der Waals surface area contributed by atoms with Gasteiger partial charge in [-0.15, -0.1) is 0 Å². The second kappa shape index (κ2) is 38.2. The summed E-state index contributed by atoms with van der Waals surface area (Å²) in [6.07, 6.45) is 36.8. The third-order valence-corrected chi connectivity index (χ3v) is 9.36. The van der Waals surface area contributed by atoms with Crippen LogP contribution in [0.5, 0.6) is 0 Å². The lowest BCUT2D eigenvalue weighted by Crippen LogP contribution is -2.30. The normalized spacial score (nSPS) is 11.8. The molecule has 0 spiro atoms. The average Bonchev–Trinajstić information content (AvgIpc) is 3.08. The SMILES string of the molecule is CCCCCCCCCCCCCCCCCCC(=O)OCC(COC(=O)CCCCCCCC)OC(=O)CCCCCCCCCC. The van der Waals surface area contributed by atoms with Crippen molar-refractivity contribution in [3.63, 3.8) is 0 Å². The zero-order valence-corrected chi connectivity index (χ0v) is 32.3. The molecule has 0 aromatic heterocycles. The van der Waals surface area contributed by atoms with Crippen LogP contribution in [-0.2, 0) is 28.6 Å². The molecule has 0 aromatic carbocycles. The Kier molecular flexibility index (Phi) is 36.9. The zero-order chi connectivity index (χ0) is 35.2. The Labute approximate surface area is 298 Å². The number of unbranched alkanes of at least 4 members (excludes halogenated alkanes) is 27. The van der Waals surface area contributed by atoms with Crippen LogP contribution < -0.4 is 0 Å². The third kappa shape index (κ3) is 35.7. The van der Waals surface area contributed by atoms with Crippen LogP contribution in [0.25, 0.3) is 0 Å². The summed E-state index contributed by atoms with van der Waals surface area (Å²) in [6.45, 7) is 6.55. The molecule has 0 aliphatic carbocycles. The van der Waals surface area contributed by atoms with Crippen molar-refractivity contribution in [2.45, 2.75) is 239 Å². The van der Waals surface area contributed by atoms with Gasteiger partial charge in [-0.05, 0) is 19.3 Å². The van der Waals surface area contributed by atoms with Crippen molar-refractivity contribution in [1.29, 1.82) is 0 Å². The predicted octanol–water partition coefficient (Wildman–Crippen LogP) is 12.9. The molecule has 0 saturated heterocycles. The van der Waals surface area contributed by atoms with E-state index >= 15 is 0 Å². The highest BCUT2D eigenvalue weighted by atomic mass is 16.6. The summed E-state index contributed by atoms with van der Waals surface area (Å²) in [6, 6.07) is 0. The first-order chi connectivity index (χ1) is 23.5. The molecular formula is C42H80O6. The summed E-state index contributed by atoms with van der Waals surface area (Å²) in [5.74, 6) is -0.871. The molecule has 0 aliphatic heterocycles. The molecule has 284 valence electrons. The summed E-state index contributed by atoms with van der Waals surface area (Å²) in [5, 5.41) is 0. The van der Waals surface area contributed by atoms with Crippen LogP contribution in [-0.4, -0.2) is 37.2 Å². The highest BCUT2D eigenvalue weighted by molar-refractivity contribution is 5.71. The molecule has 0 bridgehead atoms. The number of rotatable bonds is 38. The largest absolute Gasteiger partial charge is 0.462 e. The predicted molar refractivity (Wildman–Crippen MR) is 201 cm³/mol. The van der Waals surface area contributed by atoms with Gasteiger partial charge in [-0.1, -0.05) is 194 Å². The van der Waals surface area contributed by atoms with Crippen molar-refractivity contribution in [3.05, 3.63) is 0 Å². The van der Waals surface area contributed by atoms with E-state index in [9.17, 15) is 14.4 Å². The minimum absolute atomic E-state index is 0.0643. The fraction of sp³-hybridized carbons (Fsp3) is 0.929. The summed E-state index contributed by atoms with van der Waals surface area (Å²) in [5.41, 5.74) is 0. The van der Waals surface area contributed by atoms with Crippen molar-refractivity contribution in [1.82, 2.24) is 0 Å². The van der Waals surface area contributed by atoms with E-state index in [0.717, 1.165) is 57.8 Å². The topological polar surface area (TPSA) is 78.9 Å². The quantitative estimate of drug-likeness (QED) is 0.0367. The highest BCUT2D eigenvalue weighted by Gasteiger charge is 2.19. The molecule has 48 heavy (non-hydrogen) atoms. The van der Waals surface area contributed by atoms with Crippen molar-refractivity contribution in [3.8, 4) is 0 Å². The maximum Gasteiger partial charge on any atom is 0.306 e. The van der Waals surface area contributed by atoms with Gasteiger partial charge in [0.2, 0.25) is 0 Å². The van der Waals surface area contributed by atoms with Crippen LogP contribution in [0, 0.1) is 0 Å². The van der Waals surface area contributed by atoms with Gasteiger partial charge < -0.3 is 14.2 Å². The fourth-order valence-corrected chi connectivity index (χ4v) is 6.15. The molecule has 0 heterocycles. The highest BCUT2D eigenvalue weighted by Crippen LogP contribution is 2.15. The molecule has 6 heteroatoms. The molecule has 0 rings (SSSR count). The van der Waals surface area contributed by atoms with E-state index < -0.39 is 6.10 Å². The second-order valence-electron chi connectivity index (χ2n) is 14.3. The molecule has 0 aliphatic rings. The van der Waals surface area contributed by atoms with Crippen molar-refractivity contribution < 1.29 is 28.6 Å². The van der Waals surface area contributed by atoms with Gasteiger partial charge in [-0.3, -0.25) is 14.4 Å². The molecule has 0 aromatic rings. The number of carbonyl (C=O) groups excluding carboxylic acids is 3. The first-order valence-electron chi connectivity index (χ1n) is 21.0. The van der Waals surface area contributed by atoms with E-state index in [1.807, 2.05) is 0 Å². The van der Waals surface area contributed by atoms with Crippen LogP contribution in [0.3, 0.4) is 0 Å². The Morgan fingerprint density at radius 2 is 0.562 bits per heavy atom. The maximum absolute atomic E-state index is 12.5. The van der Waals surface area contributed by atoms with Crippen molar-refractivity contribution >= 4 is 17.9 Å².